The van der Waals surface area contributed by atoms with Crippen LogP contribution in [0.4, 0.5) is 0 Å². The van der Waals surface area contributed by atoms with Crippen LogP contribution >= 0.6 is 0 Å². The summed E-state index contributed by atoms with van der Waals surface area (Å²) in [5.41, 5.74) is 0. The molecular formula is C10H23NO. The van der Waals surface area contributed by atoms with Crippen LogP contribution in [0, 0.1) is 5.92 Å². The minimum absolute atomic E-state index is 0.631. The second-order valence-corrected chi connectivity index (χ2v) is 3.47. The Labute approximate surface area is 76.7 Å². The van der Waals surface area contributed by atoms with E-state index in [-0.39, 0.29) is 0 Å². The Morgan fingerprint density at radius 3 is 2.50 bits per heavy atom. The fraction of sp³-hybridized carbons (Fsp3) is 1.00. The summed E-state index contributed by atoms with van der Waals surface area (Å²) >= 11 is 0. The van der Waals surface area contributed by atoms with Gasteiger partial charge >= 0.3 is 0 Å². The van der Waals surface area contributed by atoms with E-state index in [9.17, 15) is 0 Å². The predicted octanol–water partition coefficient (Wildman–Crippen LogP) is 2.05. The Morgan fingerprint density at radius 2 is 2.00 bits per heavy atom. The zero-order valence-corrected chi connectivity index (χ0v) is 8.89. The maximum Gasteiger partial charge on any atom is 0.0474 e. The van der Waals surface area contributed by atoms with Gasteiger partial charge in [0.15, 0.2) is 0 Å². The average Bonchev–Trinajstić information content (AvgIpc) is 2.10. The monoisotopic (exact) mass is 173 g/mol. The van der Waals surface area contributed by atoms with E-state index in [2.05, 4.69) is 26.1 Å². The van der Waals surface area contributed by atoms with E-state index in [1.165, 1.54) is 6.42 Å². The molecule has 0 fully saturated rings. The second kappa shape index (κ2) is 7.56. The highest BCUT2D eigenvalue weighted by molar-refractivity contribution is 4.66. The van der Waals surface area contributed by atoms with Crippen molar-refractivity contribution >= 4 is 0 Å². The van der Waals surface area contributed by atoms with Gasteiger partial charge in [-0.3, -0.25) is 0 Å². The van der Waals surface area contributed by atoms with Crippen molar-refractivity contribution in [2.45, 2.75) is 39.7 Å². The molecule has 0 aromatic carbocycles. The summed E-state index contributed by atoms with van der Waals surface area (Å²) in [5, 5.41) is 3.49. The SMILES string of the molecule is CC[C@H](C)[C@@H](C)NCCCOC. The summed E-state index contributed by atoms with van der Waals surface area (Å²) in [6, 6.07) is 0.631. The third-order valence-electron chi connectivity index (χ3n) is 2.49. The van der Waals surface area contributed by atoms with Crippen LogP contribution in [0.25, 0.3) is 0 Å². The number of ether oxygens (including phenoxy) is 1. The molecule has 0 spiro atoms. The van der Waals surface area contributed by atoms with Gasteiger partial charge in [-0.2, -0.15) is 0 Å². The fourth-order valence-electron chi connectivity index (χ4n) is 1.10. The predicted molar refractivity (Wildman–Crippen MR) is 53.4 cm³/mol. The maximum absolute atomic E-state index is 4.97. The molecule has 1 N–H and O–H groups in total. The number of hydrogen-bond donors (Lipinski definition) is 1. The zero-order chi connectivity index (χ0) is 9.40. The van der Waals surface area contributed by atoms with E-state index in [1.54, 1.807) is 7.11 Å². The van der Waals surface area contributed by atoms with E-state index in [1.807, 2.05) is 0 Å². The smallest absolute Gasteiger partial charge is 0.0474 e. The van der Waals surface area contributed by atoms with Gasteiger partial charge in [-0.1, -0.05) is 20.3 Å². The summed E-state index contributed by atoms with van der Waals surface area (Å²) < 4.78 is 4.97. The first kappa shape index (κ1) is 11.9. The number of rotatable bonds is 7. The molecular weight excluding hydrogens is 150 g/mol. The Kier molecular flexibility index (Phi) is 7.51. The van der Waals surface area contributed by atoms with Gasteiger partial charge in [0.1, 0.15) is 0 Å². The van der Waals surface area contributed by atoms with E-state index >= 15 is 0 Å². The molecule has 0 saturated heterocycles. The van der Waals surface area contributed by atoms with Crippen molar-refractivity contribution in [2.24, 2.45) is 5.92 Å². The van der Waals surface area contributed by atoms with Gasteiger partial charge in [0, 0.05) is 19.8 Å². The summed E-state index contributed by atoms with van der Waals surface area (Å²) in [6.45, 7) is 8.70. The normalized spacial score (nSPS) is 16.0. The van der Waals surface area contributed by atoms with Crippen LogP contribution in [-0.2, 0) is 4.74 Å². The van der Waals surface area contributed by atoms with Crippen molar-refractivity contribution in [3.8, 4) is 0 Å². The van der Waals surface area contributed by atoms with Crippen molar-refractivity contribution in [3.05, 3.63) is 0 Å². The molecule has 2 nitrogen and oxygen atoms in total. The molecule has 0 aromatic rings. The highest BCUT2D eigenvalue weighted by Crippen LogP contribution is 2.05. The van der Waals surface area contributed by atoms with Gasteiger partial charge in [0.05, 0.1) is 0 Å². The van der Waals surface area contributed by atoms with Gasteiger partial charge in [-0.15, -0.1) is 0 Å². The summed E-state index contributed by atoms with van der Waals surface area (Å²) in [5.74, 6) is 0.771. The lowest BCUT2D eigenvalue weighted by Crippen LogP contribution is -2.32. The molecule has 74 valence electrons. The first-order valence-corrected chi connectivity index (χ1v) is 4.94. The van der Waals surface area contributed by atoms with E-state index < -0.39 is 0 Å². The molecule has 2 heteroatoms. The molecule has 0 aromatic heterocycles. The van der Waals surface area contributed by atoms with Gasteiger partial charge in [-0.25, -0.2) is 0 Å². The third kappa shape index (κ3) is 5.56. The Bertz CT molecular complexity index is 95.8. The van der Waals surface area contributed by atoms with Crippen LogP contribution < -0.4 is 5.32 Å². The Morgan fingerprint density at radius 1 is 1.33 bits per heavy atom. The summed E-state index contributed by atoms with van der Waals surface area (Å²) in [4.78, 5) is 0. The Hall–Kier alpha value is -0.0800. The lowest BCUT2D eigenvalue weighted by molar-refractivity contribution is 0.192. The van der Waals surface area contributed by atoms with Crippen molar-refractivity contribution < 1.29 is 4.74 Å². The quantitative estimate of drug-likeness (QED) is 0.595. The molecule has 0 bridgehead atoms. The van der Waals surface area contributed by atoms with Crippen molar-refractivity contribution in [3.63, 3.8) is 0 Å². The minimum atomic E-state index is 0.631. The van der Waals surface area contributed by atoms with E-state index in [4.69, 9.17) is 4.74 Å². The van der Waals surface area contributed by atoms with E-state index in [0.29, 0.717) is 6.04 Å². The van der Waals surface area contributed by atoms with Gasteiger partial charge in [0.2, 0.25) is 0 Å². The second-order valence-electron chi connectivity index (χ2n) is 3.47. The summed E-state index contributed by atoms with van der Waals surface area (Å²) in [6.07, 6.45) is 2.36. The molecule has 0 amide bonds. The van der Waals surface area contributed by atoms with E-state index in [0.717, 1.165) is 25.5 Å². The molecule has 0 radical (unpaired) electrons. The van der Waals surface area contributed by atoms with Gasteiger partial charge < -0.3 is 10.1 Å². The van der Waals surface area contributed by atoms with Crippen LogP contribution in [0.15, 0.2) is 0 Å². The van der Waals surface area contributed by atoms with Crippen molar-refractivity contribution in [1.29, 1.82) is 0 Å². The van der Waals surface area contributed by atoms with Crippen LogP contribution in [-0.4, -0.2) is 26.3 Å². The van der Waals surface area contributed by atoms with Crippen LogP contribution in [0.2, 0.25) is 0 Å². The zero-order valence-electron chi connectivity index (χ0n) is 8.89. The lowest BCUT2D eigenvalue weighted by atomic mass is 10.0. The molecule has 0 aliphatic heterocycles. The van der Waals surface area contributed by atoms with Crippen molar-refractivity contribution in [1.82, 2.24) is 5.32 Å². The average molecular weight is 173 g/mol. The fourth-order valence-corrected chi connectivity index (χ4v) is 1.10. The molecule has 0 unspecified atom stereocenters. The first-order valence-electron chi connectivity index (χ1n) is 4.94. The lowest BCUT2D eigenvalue weighted by Gasteiger charge is -2.19. The third-order valence-corrected chi connectivity index (χ3v) is 2.49. The number of methoxy groups -OCH3 is 1. The standard InChI is InChI=1S/C10H23NO/c1-5-9(2)10(3)11-7-6-8-12-4/h9-11H,5-8H2,1-4H3/t9-,10+/m0/s1. The van der Waals surface area contributed by atoms with Crippen LogP contribution in [0.5, 0.6) is 0 Å². The molecule has 12 heavy (non-hydrogen) atoms. The molecule has 0 rings (SSSR count). The number of hydrogen-bond acceptors (Lipinski definition) is 2. The topological polar surface area (TPSA) is 21.3 Å². The highest BCUT2D eigenvalue weighted by atomic mass is 16.5. The van der Waals surface area contributed by atoms with Gasteiger partial charge in [0.25, 0.3) is 0 Å². The molecule has 0 saturated carbocycles. The van der Waals surface area contributed by atoms with Crippen molar-refractivity contribution in [2.75, 3.05) is 20.3 Å². The molecule has 0 aliphatic rings. The molecule has 0 aliphatic carbocycles. The minimum Gasteiger partial charge on any atom is -0.385 e. The maximum atomic E-state index is 4.97. The van der Waals surface area contributed by atoms with Crippen LogP contribution in [0.3, 0.4) is 0 Å². The molecule has 0 heterocycles. The van der Waals surface area contributed by atoms with Crippen LogP contribution in [0.1, 0.15) is 33.6 Å². The highest BCUT2D eigenvalue weighted by Gasteiger charge is 2.07. The molecule has 2 atom stereocenters. The Balaban J connectivity index is 3.24. The first-order chi connectivity index (χ1) is 5.72. The summed E-state index contributed by atoms with van der Waals surface area (Å²) in [7, 11) is 1.75. The largest absolute Gasteiger partial charge is 0.385 e. The van der Waals surface area contributed by atoms with Gasteiger partial charge in [-0.05, 0) is 25.8 Å². The number of nitrogens with one attached hydrogen (secondary N) is 1.